The number of fused-ring (bicyclic) bond motifs is 1. The number of aromatic nitrogens is 1. The summed E-state index contributed by atoms with van der Waals surface area (Å²) < 4.78 is 12.3. The van der Waals surface area contributed by atoms with Gasteiger partial charge in [-0.15, -0.1) is 0 Å². The minimum Gasteiger partial charge on any atom is -0.446 e. The van der Waals surface area contributed by atoms with Gasteiger partial charge < -0.3 is 9.47 Å². The molecule has 7 nitrogen and oxygen atoms in total. The Morgan fingerprint density at radius 2 is 1.74 bits per heavy atom. The first-order chi connectivity index (χ1) is 16.1. The van der Waals surface area contributed by atoms with Crippen LogP contribution in [0.25, 0.3) is 10.9 Å². The number of benzene rings is 2. The van der Waals surface area contributed by atoms with E-state index in [1.165, 1.54) is 9.47 Å². The van der Waals surface area contributed by atoms with Gasteiger partial charge in [-0.25, -0.2) is 14.5 Å². The minimum atomic E-state index is -0.720. The molecule has 4 rings (SSSR count). The monoisotopic (exact) mass is 526 g/mol. The largest absolute Gasteiger partial charge is 0.446 e. The highest BCUT2D eigenvalue weighted by Crippen LogP contribution is 2.36. The summed E-state index contributed by atoms with van der Waals surface area (Å²) in [4.78, 5) is 39.3. The van der Waals surface area contributed by atoms with Gasteiger partial charge in [0, 0.05) is 17.5 Å². The van der Waals surface area contributed by atoms with Gasteiger partial charge in [0.25, 0.3) is 0 Å². The molecular formula is C26H27BrN2O5. The smallest absolute Gasteiger partial charge is 0.419 e. The number of hydrogen-bond acceptors (Lipinski definition) is 5. The van der Waals surface area contributed by atoms with Crippen LogP contribution in [0.3, 0.4) is 0 Å². The number of para-hydroxylation sites is 1. The van der Waals surface area contributed by atoms with Crippen LogP contribution in [0.2, 0.25) is 0 Å². The molecule has 1 saturated heterocycles. The standard InChI is InChI=1S/C26H27BrN2O5/c1-16(19-14-28(24(31)34-26(2,3)4)20-13-9-8-12-18(19)20)22(27)23(30)29-21(15-33-25(29)32)17-10-6-5-7-11-17/h5-14,16,21-22H,15H2,1-4H3/t16-,21?,22+/m0/s1. The van der Waals surface area contributed by atoms with E-state index in [9.17, 15) is 14.4 Å². The van der Waals surface area contributed by atoms with Gasteiger partial charge in [-0.1, -0.05) is 71.4 Å². The van der Waals surface area contributed by atoms with Gasteiger partial charge in [-0.3, -0.25) is 9.36 Å². The zero-order chi connectivity index (χ0) is 24.6. The second kappa shape index (κ2) is 9.25. The zero-order valence-electron chi connectivity index (χ0n) is 19.5. The number of cyclic esters (lactones) is 1. The van der Waals surface area contributed by atoms with Gasteiger partial charge in [0.05, 0.1) is 5.52 Å². The van der Waals surface area contributed by atoms with Crippen molar-refractivity contribution in [1.82, 2.24) is 9.47 Å². The van der Waals surface area contributed by atoms with E-state index in [0.29, 0.717) is 5.52 Å². The summed E-state index contributed by atoms with van der Waals surface area (Å²) in [7, 11) is 0. The van der Waals surface area contributed by atoms with Crippen LogP contribution >= 0.6 is 15.9 Å². The number of halogens is 1. The molecular weight excluding hydrogens is 500 g/mol. The van der Waals surface area contributed by atoms with E-state index in [1.807, 2.05) is 82.3 Å². The van der Waals surface area contributed by atoms with Gasteiger partial charge >= 0.3 is 12.2 Å². The average molecular weight is 527 g/mol. The molecule has 1 unspecified atom stereocenters. The highest BCUT2D eigenvalue weighted by molar-refractivity contribution is 9.10. The molecule has 1 fully saturated rings. The van der Waals surface area contributed by atoms with Gasteiger partial charge in [0.1, 0.15) is 23.1 Å². The lowest BCUT2D eigenvalue weighted by molar-refractivity contribution is -0.128. The van der Waals surface area contributed by atoms with Crippen LogP contribution in [0, 0.1) is 0 Å². The number of amides is 2. The Morgan fingerprint density at radius 1 is 1.09 bits per heavy atom. The maximum Gasteiger partial charge on any atom is 0.419 e. The summed E-state index contributed by atoms with van der Waals surface area (Å²) in [5, 5.41) is 0.835. The number of rotatable bonds is 4. The molecule has 0 bridgehead atoms. The fraction of sp³-hybridized carbons (Fsp3) is 0.346. The van der Waals surface area contributed by atoms with Crippen LogP contribution in [-0.2, 0) is 14.3 Å². The molecule has 3 atom stereocenters. The normalized spacial score (nSPS) is 18.0. The molecule has 0 spiro atoms. The summed E-state index contributed by atoms with van der Waals surface area (Å²) in [6.07, 6.45) is 0.556. The Hall–Kier alpha value is -3.13. The van der Waals surface area contributed by atoms with Crippen LogP contribution < -0.4 is 0 Å². The average Bonchev–Trinajstić information content (AvgIpc) is 3.38. The number of imide groups is 1. The number of carbonyl (C=O) groups excluding carboxylic acids is 3. The number of alkyl halides is 1. The van der Waals surface area contributed by atoms with Crippen LogP contribution in [0.5, 0.6) is 0 Å². The van der Waals surface area contributed by atoms with Crippen molar-refractivity contribution in [3.05, 3.63) is 71.9 Å². The summed E-state index contributed by atoms with van der Waals surface area (Å²) in [5.41, 5.74) is 1.66. The van der Waals surface area contributed by atoms with Crippen molar-refractivity contribution >= 4 is 44.9 Å². The predicted molar refractivity (Wildman–Crippen MR) is 132 cm³/mol. The molecule has 2 amide bonds. The topological polar surface area (TPSA) is 77.8 Å². The highest BCUT2D eigenvalue weighted by atomic mass is 79.9. The first-order valence-corrected chi connectivity index (χ1v) is 12.0. The van der Waals surface area contributed by atoms with E-state index in [2.05, 4.69) is 15.9 Å². The van der Waals surface area contributed by atoms with Crippen LogP contribution in [0.1, 0.15) is 50.8 Å². The maximum absolute atomic E-state index is 13.5. The van der Waals surface area contributed by atoms with Crippen molar-refractivity contribution in [3.63, 3.8) is 0 Å². The van der Waals surface area contributed by atoms with Crippen molar-refractivity contribution in [1.29, 1.82) is 0 Å². The summed E-state index contributed by atoms with van der Waals surface area (Å²) in [5.74, 6) is -0.746. The second-order valence-corrected chi connectivity index (χ2v) is 10.3. The van der Waals surface area contributed by atoms with E-state index in [-0.39, 0.29) is 12.5 Å². The third-order valence-electron chi connectivity index (χ3n) is 5.79. The fourth-order valence-electron chi connectivity index (χ4n) is 4.12. The Balaban J connectivity index is 1.65. The van der Waals surface area contributed by atoms with Crippen LogP contribution in [0.15, 0.2) is 60.8 Å². The SMILES string of the molecule is C[C@@H](c1cn(C(=O)OC(C)(C)C)c2ccccc12)[C@@H](Br)C(=O)N1C(=O)OCC1c1ccccc1. The molecule has 34 heavy (non-hydrogen) atoms. The molecule has 1 aliphatic heterocycles. The van der Waals surface area contributed by atoms with E-state index < -0.39 is 34.6 Å². The molecule has 8 heteroatoms. The lowest BCUT2D eigenvalue weighted by Gasteiger charge is -2.25. The third-order valence-corrected chi connectivity index (χ3v) is 6.98. The molecule has 2 heterocycles. The molecule has 1 aliphatic rings. The Morgan fingerprint density at radius 3 is 2.41 bits per heavy atom. The molecule has 0 aliphatic carbocycles. The number of hydrogen-bond donors (Lipinski definition) is 0. The van der Waals surface area contributed by atoms with Gasteiger partial charge in [-0.2, -0.15) is 0 Å². The van der Waals surface area contributed by atoms with Crippen LogP contribution in [0.4, 0.5) is 9.59 Å². The van der Waals surface area contributed by atoms with Crippen molar-refractivity contribution in [2.45, 2.75) is 50.1 Å². The number of ether oxygens (including phenoxy) is 2. The zero-order valence-corrected chi connectivity index (χ0v) is 21.1. The lowest BCUT2D eigenvalue weighted by atomic mass is 9.96. The first kappa shape index (κ1) is 24.0. The molecule has 0 N–H and O–H groups in total. The van der Waals surface area contributed by atoms with Crippen molar-refractivity contribution in [2.24, 2.45) is 0 Å². The number of carbonyl (C=O) groups is 3. The molecule has 1 aromatic heterocycles. The molecule has 0 saturated carbocycles. The maximum atomic E-state index is 13.5. The minimum absolute atomic E-state index is 0.112. The van der Waals surface area contributed by atoms with Gasteiger partial charge in [-0.05, 0) is 38.0 Å². The lowest BCUT2D eigenvalue weighted by Crippen LogP contribution is -2.40. The van der Waals surface area contributed by atoms with E-state index in [1.54, 1.807) is 6.20 Å². The summed E-state index contributed by atoms with van der Waals surface area (Å²) >= 11 is 3.54. The highest BCUT2D eigenvalue weighted by Gasteiger charge is 2.42. The quantitative estimate of drug-likeness (QED) is 0.389. The Bertz CT molecular complexity index is 1230. The van der Waals surface area contributed by atoms with Gasteiger partial charge in [0.2, 0.25) is 5.91 Å². The Kier molecular flexibility index (Phi) is 6.53. The molecule has 2 aromatic carbocycles. The van der Waals surface area contributed by atoms with Crippen molar-refractivity contribution in [2.75, 3.05) is 6.61 Å². The summed E-state index contributed by atoms with van der Waals surface area (Å²) in [6.45, 7) is 7.43. The van der Waals surface area contributed by atoms with E-state index >= 15 is 0 Å². The number of nitrogens with zero attached hydrogens (tertiary/aromatic N) is 2. The Labute approximate surface area is 206 Å². The van der Waals surface area contributed by atoms with E-state index in [0.717, 1.165) is 16.5 Å². The van der Waals surface area contributed by atoms with Crippen LogP contribution in [-0.4, -0.2) is 44.6 Å². The van der Waals surface area contributed by atoms with Crippen molar-refractivity contribution < 1.29 is 23.9 Å². The summed E-state index contributed by atoms with van der Waals surface area (Å²) in [6, 6.07) is 16.3. The third kappa shape index (κ3) is 4.59. The molecule has 3 aromatic rings. The second-order valence-electron chi connectivity index (χ2n) is 9.35. The first-order valence-electron chi connectivity index (χ1n) is 11.1. The van der Waals surface area contributed by atoms with Gasteiger partial charge in [0.15, 0.2) is 0 Å². The molecule has 178 valence electrons. The molecule has 0 radical (unpaired) electrons. The van der Waals surface area contributed by atoms with E-state index in [4.69, 9.17) is 9.47 Å². The van der Waals surface area contributed by atoms with Crippen molar-refractivity contribution in [3.8, 4) is 0 Å². The predicted octanol–water partition coefficient (Wildman–Crippen LogP) is 6.01. The fourth-order valence-corrected chi connectivity index (χ4v) is 4.63.